The van der Waals surface area contributed by atoms with Crippen molar-refractivity contribution in [3.63, 3.8) is 0 Å². The summed E-state index contributed by atoms with van der Waals surface area (Å²) < 4.78 is 44.8. The van der Waals surface area contributed by atoms with Gasteiger partial charge in [-0.2, -0.15) is 13.2 Å². The first kappa shape index (κ1) is 16.2. The molecule has 2 heterocycles. The minimum absolute atomic E-state index is 0.0995. The van der Waals surface area contributed by atoms with E-state index in [4.69, 9.17) is 27.9 Å². The van der Waals surface area contributed by atoms with Crippen molar-refractivity contribution in [3.05, 3.63) is 50.4 Å². The lowest BCUT2D eigenvalue weighted by atomic mass is 9.91. The maximum atomic E-state index is 13.2. The number of fused-ring (bicyclic) bond motifs is 3. The molecule has 3 rings (SSSR count). The molecule has 1 atom stereocenters. The van der Waals surface area contributed by atoms with Crippen LogP contribution in [-0.2, 0) is 6.42 Å². The molecule has 0 fully saturated rings. The van der Waals surface area contributed by atoms with Gasteiger partial charge in [-0.1, -0.05) is 29.3 Å². The van der Waals surface area contributed by atoms with Crippen LogP contribution in [0.1, 0.15) is 5.56 Å². The third kappa shape index (κ3) is 3.05. The highest BCUT2D eigenvalue weighted by atomic mass is 35.5. The third-order valence-corrected chi connectivity index (χ3v) is 4.51. The van der Waals surface area contributed by atoms with Crippen molar-refractivity contribution in [3.8, 4) is 16.9 Å². The number of rotatable bonds is 0. The highest BCUT2D eigenvalue weighted by Crippen LogP contribution is 2.43. The standard InChI is InChI=1S/C15H10Cl2F3NO2/c16-10-2-1-7-3-8(15(18,19)20)6-23-11-5-21-12(22)4-9(11)13(7)14(10)17/h1-2,4-5,8H,3,6H2,(H,21,22). The molecule has 1 aliphatic rings. The summed E-state index contributed by atoms with van der Waals surface area (Å²) in [5.74, 6) is -1.55. The molecule has 1 aliphatic heterocycles. The van der Waals surface area contributed by atoms with Gasteiger partial charge < -0.3 is 9.72 Å². The zero-order valence-corrected chi connectivity index (χ0v) is 13.0. The summed E-state index contributed by atoms with van der Waals surface area (Å²) in [6, 6.07) is 4.19. The first-order chi connectivity index (χ1) is 10.8. The molecular weight excluding hydrogens is 354 g/mol. The summed E-state index contributed by atoms with van der Waals surface area (Å²) in [7, 11) is 0. The summed E-state index contributed by atoms with van der Waals surface area (Å²) in [6.07, 6.45) is -3.48. The number of halogens is 5. The van der Waals surface area contributed by atoms with E-state index in [2.05, 4.69) is 4.98 Å². The maximum Gasteiger partial charge on any atom is 0.395 e. The zero-order valence-electron chi connectivity index (χ0n) is 11.5. The van der Waals surface area contributed by atoms with Gasteiger partial charge in [0.05, 0.1) is 16.0 Å². The lowest BCUT2D eigenvalue weighted by molar-refractivity contribution is -0.181. The van der Waals surface area contributed by atoms with Crippen LogP contribution in [0.4, 0.5) is 13.2 Å². The van der Waals surface area contributed by atoms with E-state index in [9.17, 15) is 18.0 Å². The van der Waals surface area contributed by atoms with Crippen LogP contribution in [0.15, 0.2) is 29.2 Å². The fourth-order valence-electron chi connectivity index (χ4n) is 2.55. The first-order valence-corrected chi connectivity index (χ1v) is 7.42. The van der Waals surface area contributed by atoms with Crippen molar-refractivity contribution >= 4 is 23.2 Å². The number of H-pyrrole nitrogens is 1. The molecule has 0 spiro atoms. The van der Waals surface area contributed by atoms with E-state index >= 15 is 0 Å². The van der Waals surface area contributed by atoms with Gasteiger partial charge in [0.15, 0.2) is 0 Å². The summed E-state index contributed by atoms with van der Waals surface area (Å²) in [5, 5.41) is 0.295. The van der Waals surface area contributed by atoms with Crippen LogP contribution in [-0.4, -0.2) is 17.8 Å². The second-order valence-corrected chi connectivity index (χ2v) is 6.01. The molecule has 0 aliphatic carbocycles. The predicted molar refractivity (Wildman–Crippen MR) is 81.3 cm³/mol. The van der Waals surface area contributed by atoms with E-state index in [1.54, 1.807) is 0 Å². The van der Waals surface area contributed by atoms with Crippen molar-refractivity contribution in [1.29, 1.82) is 0 Å². The topological polar surface area (TPSA) is 42.1 Å². The van der Waals surface area contributed by atoms with E-state index in [-0.39, 0.29) is 22.2 Å². The average Bonchev–Trinajstić information content (AvgIpc) is 2.44. The Kier molecular flexibility index (Phi) is 4.06. The van der Waals surface area contributed by atoms with Crippen molar-refractivity contribution in [2.75, 3.05) is 6.61 Å². The molecule has 2 aromatic rings. The van der Waals surface area contributed by atoms with E-state index in [0.29, 0.717) is 16.7 Å². The highest BCUT2D eigenvalue weighted by molar-refractivity contribution is 6.44. The predicted octanol–water partition coefficient (Wildman–Crippen LogP) is 4.46. The molecule has 8 heteroatoms. The minimum atomic E-state index is -4.41. The molecule has 0 saturated carbocycles. The minimum Gasteiger partial charge on any atom is -0.491 e. The Balaban J connectivity index is 2.26. The van der Waals surface area contributed by atoms with E-state index in [1.807, 2.05) is 0 Å². The Bertz CT molecular complexity index is 817. The fourth-order valence-corrected chi connectivity index (χ4v) is 2.99. The van der Waals surface area contributed by atoms with Crippen LogP contribution < -0.4 is 10.3 Å². The summed E-state index contributed by atoms with van der Waals surface area (Å²) in [4.78, 5) is 14.0. The quantitative estimate of drug-likeness (QED) is 0.750. The van der Waals surface area contributed by atoms with Gasteiger partial charge in [0.1, 0.15) is 12.4 Å². The molecular formula is C15H10Cl2F3NO2. The number of nitrogens with one attached hydrogen (secondary N) is 1. The lowest BCUT2D eigenvalue weighted by Crippen LogP contribution is -2.32. The molecule has 1 unspecified atom stereocenters. The number of hydrogen-bond donors (Lipinski definition) is 1. The summed E-state index contributed by atoms with van der Waals surface area (Å²) in [5.41, 5.74) is 0.588. The van der Waals surface area contributed by atoms with Crippen LogP contribution in [0.5, 0.6) is 5.75 Å². The smallest absolute Gasteiger partial charge is 0.395 e. The number of hydrogen-bond acceptors (Lipinski definition) is 2. The molecule has 3 nitrogen and oxygen atoms in total. The molecule has 122 valence electrons. The van der Waals surface area contributed by atoms with Gasteiger partial charge in [-0.3, -0.25) is 4.79 Å². The van der Waals surface area contributed by atoms with Gasteiger partial charge in [-0.15, -0.1) is 0 Å². The molecule has 1 aromatic carbocycles. The van der Waals surface area contributed by atoms with E-state index in [1.165, 1.54) is 24.4 Å². The highest BCUT2D eigenvalue weighted by Gasteiger charge is 2.41. The average molecular weight is 364 g/mol. The van der Waals surface area contributed by atoms with Crippen LogP contribution in [0.3, 0.4) is 0 Å². The number of aromatic nitrogens is 1. The summed E-state index contributed by atoms with van der Waals surface area (Å²) in [6.45, 7) is -0.539. The van der Waals surface area contributed by atoms with Crippen molar-refractivity contribution in [2.24, 2.45) is 5.92 Å². The Hall–Kier alpha value is -1.66. The number of pyridine rings is 1. The van der Waals surface area contributed by atoms with Gasteiger partial charge in [-0.05, 0) is 18.1 Å². The lowest BCUT2D eigenvalue weighted by Gasteiger charge is -2.26. The largest absolute Gasteiger partial charge is 0.491 e. The molecule has 0 amide bonds. The van der Waals surface area contributed by atoms with E-state index < -0.39 is 24.3 Å². The van der Waals surface area contributed by atoms with Crippen molar-refractivity contribution in [2.45, 2.75) is 12.6 Å². The number of aromatic amines is 1. The molecule has 0 bridgehead atoms. The van der Waals surface area contributed by atoms with Crippen LogP contribution in [0, 0.1) is 5.92 Å². The van der Waals surface area contributed by atoms with Gasteiger partial charge in [0, 0.05) is 23.4 Å². The van der Waals surface area contributed by atoms with Gasteiger partial charge in [-0.25, -0.2) is 0 Å². The monoisotopic (exact) mass is 363 g/mol. The van der Waals surface area contributed by atoms with Crippen molar-refractivity contribution in [1.82, 2.24) is 4.98 Å². The number of ether oxygens (including phenoxy) is 1. The second kappa shape index (κ2) is 5.76. The van der Waals surface area contributed by atoms with Crippen LogP contribution >= 0.6 is 23.2 Å². The van der Waals surface area contributed by atoms with Crippen LogP contribution in [0.25, 0.3) is 11.1 Å². The van der Waals surface area contributed by atoms with Crippen LogP contribution in [0.2, 0.25) is 10.0 Å². The fraction of sp³-hybridized carbons (Fsp3) is 0.267. The Labute approximate surface area is 139 Å². The normalized spacial score (nSPS) is 17.5. The molecule has 0 saturated heterocycles. The number of alkyl halides is 3. The Morgan fingerprint density at radius 2 is 2.00 bits per heavy atom. The third-order valence-electron chi connectivity index (χ3n) is 3.71. The first-order valence-electron chi connectivity index (χ1n) is 6.67. The maximum absolute atomic E-state index is 13.2. The molecule has 0 radical (unpaired) electrons. The molecule has 1 aromatic heterocycles. The molecule has 23 heavy (non-hydrogen) atoms. The molecule has 1 N–H and O–H groups in total. The van der Waals surface area contributed by atoms with Crippen molar-refractivity contribution < 1.29 is 17.9 Å². The van der Waals surface area contributed by atoms with Gasteiger partial charge in [0.2, 0.25) is 5.56 Å². The Morgan fingerprint density at radius 1 is 1.26 bits per heavy atom. The zero-order chi connectivity index (χ0) is 16.8. The SMILES string of the molecule is O=c1cc2c(c[nH]1)OCC(C(F)(F)F)Cc1ccc(Cl)c(Cl)c1-2. The summed E-state index contributed by atoms with van der Waals surface area (Å²) >= 11 is 12.2. The Morgan fingerprint density at radius 3 is 2.70 bits per heavy atom. The number of benzene rings is 1. The second-order valence-electron chi connectivity index (χ2n) is 5.22. The van der Waals surface area contributed by atoms with Gasteiger partial charge >= 0.3 is 6.18 Å². The van der Waals surface area contributed by atoms with E-state index in [0.717, 1.165) is 0 Å². The van der Waals surface area contributed by atoms with Gasteiger partial charge in [0.25, 0.3) is 0 Å².